The van der Waals surface area contributed by atoms with Crippen molar-refractivity contribution in [3.63, 3.8) is 0 Å². The van der Waals surface area contributed by atoms with Crippen LogP contribution in [0.4, 0.5) is 0 Å². The molecule has 168 valence electrons. The van der Waals surface area contributed by atoms with Gasteiger partial charge in [0.05, 0.1) is 14.2 Å². The minimum atomic E-state index is -0.0957. The molecule has 2 heterocycles. The third-order valence-electron chi connectivity index (χ3n) is 5.90. The fraction of sp³-hybridized carbons (Fsp3) is 0.360. The Morgan fingerprint density at radius 1 is 1.03 bits per heavy atom. The Morgan fingerprint density at radius 2 is 1.66 bits per heavy atom. The van der Waals surface area contributed by atoms with Crippen LogP contribution in [-0.2, 0) is 6.54 Å². The maximum Gasteiger partial charge on any atom is 0.270 e. The van der Waals surface area contributed by atoms with E-state index in [2.05, 4.69) is 27.3 Å². The number of carbonyl (C=O) groups is 1. The summed E-state index contributed by atoms with van der Waals surface area (Å²) in [6.07, 6.45) is 2.18. The standard InChI is InChI=1S/C25H29N3O3S/c1-30-21-7-3-19(4-8-21)16-28-13-11-18(12-14-28)15-26-24(29)23-17-32-25(27-23)20-5-9-22(31-2)10-6-20/h3-10,17-18H,11-16H2,1-2H3,(H,26,29). The number of hydrogen-bond acceptors (Lipinski definition) is 6. The van der Waals surface area contributed by atoms with Gasteiger partial charge in [-0.15, -0.1) is 11.3 Å². The summed E-state index contributed by atoms with van der Waals surface area (Å²) < 4.78 is 10.4. The number of benzene rings is 2. The normalized spacial score (nSPS) is 14.8. The lowest BCUT2D eigenvalue weighted by atomic mass is 9.96. The molecule has 7 heteroatoms. The number of nitrogens with one attached hydrogen (secondary N) is 1. The molecule has 1 aliphatic rings. The Labute approximate surface area is 193 Å². The van der Waals surface area contributed by atoms with Gasteiger partial charge in [-0.1, -0.05) is 12.1 Å². The average Bonchev–Trinajstić information content (AvgIpc) is 3.34. The third-order valence-corrected chi connectivity index (χ3v) is 6.79. The molecule has 1 aliphatic heterocycles. The number of ether oxygens (including phenoxy) is 2. The maximum atomic E-state index is 12.6. The minimum absolute atomic E-state index is 0.0957. The van der Waals surface area contributed by atoms with E-state index in [0.717, 1.165) is 54.5 Å². The summed E-state index contributed by atoms with van der Waals surface area (Å²) in [7, 11) is 3.33. The molecule has 0 bridgehead atoms. The monoisotopic (exact) mass is 451 g/mol. The van der Waals surface area contributed by atoms with Gasteiger partial charge in [0.25, 0.3) is 5.91 Å². The molecule has 0 unspecified atom stereocenters. The van der Waals surface area contributed by atoms with Gasteiger partial charge in [-0.2, -0.15) is 0 Å². The van der Waals surface area contributed by atoms with E-state index in [1.807, 2.05) is 41.8 Å². The summed E-state index contributed by atoms with van der Waals surface area (Å²) in [5.74, 6) is 2.10. The average molecular weight is 452 g/mol. The van der Waals surface area contributed by atoms with Crippen LogP contribution in [0.5, 0.6) is 11.5 Å². The first-order chi connectivity index (χ1) is 15.6. The van der Waals surface area contributed by atoms with Gasteiger partial charge >= 0.3 is 0 Å². The van der Waals surface area contributed by atoms with Crippen LogP contribution in [0.1, 0.15) is 28.9 Å². The second kappa shape index (κ2) is 10.6. The summed E-state index contributed by atoms with van der Waals surface area (Å²) in [4.78, 5) is 19.6. The minimum Gasteiger partial charge on any atom is -0.497 e. The fourth-order valence-electron chi connectivity index (χ4n) is 3.91. The Kier molecular flexibility index (Phi) is 7.39. The summed E-state index contributed by atoms with van der Waals surface area (Å²) in [5.41, 5.74) is 2.77. The Bertz CT molecular complexity index is 1010. The van der Waals surface area contributed by atoms with Crippen molar-refractivity contribution in [3.05, 3.63) is 65.2 Å². The molecule has 32 heavy (non-hydrogen) atoms. The van der Waals surface area contributed by atoms with Crippen LogP contribution in [0, 0.1) is 5.92 Å². The molecule has 0 radical (unpaired) electrons. The molecule has 1 N–H and O–H groups in total. The molecule has 1 amide bonds. The zero-order valence-electron chi connectivity index (χ0n) is 18.5. The van der Waals surface area contributed by atoms with Gasteiger partial charge in [-0.25, -0.2) is 4.98 Å². The van der Waals surface area contributed by atoms with Crippen LogP contribution >= 0.6 is 11.3 Å². The molecule has 0 spiro atoms. The molecular formula is C25H29N3O3S. The number of aromatic nitrogens is 1. The topological polar surface area (TPSA) is 63.7 Å². The zero-order valence-corrected chi connectivity index (χ0v) is 19.4. The van der Waals surface area contributed by atoms with E-state index in [4.69, 9.17) is 9.47 Å². The number of rotatable bonds is 8. The number of carbonyl (C=O) groups excluding carboxylic acids is 1. The molecule has 1 aromatic heterocycles. The maximum absolute atomic E-state index is 12.6. The van der Waals surface area contributed by atoms with E-state index >= 15 is 0 Å². The van der Waals surface area contributed by atoms with Crippen molar-refractivity contribution < 1.29 is 14.3 Å². The lowest BCUT2D eigenvalue weighted by molar-refractivity contribution is 0.0931. The molecule has 1 fully saturated rings. The number of hydrogen-bond donors (Lipinski definition) is 1. The summed E-state index contributed by atoms with van der Waals surface area (Å²) >= 11 is 1.48. The molecule has 0 atom stereocenters. The molecule has 3 aromatic rings. The second-order valence-corrected chi connectivity index (χ2v) is 8.90. The van der Waals surface area contributed by atoms with E-state index < -0.39 is 0 Å². The Hall–Kier alpha value is -2.90. The quantitative estimate of drug-likeness (QED) is 0.548. The van der Waals surface area contributed by atoms with Gasteiger partial charge in [-0.3, -0.25) is 9.69 Å². The SMILES string of the molecule is COc1ccc(CN2CCC(CNC(=O)c3csc(-c4ccc(OC)cc4)n3)CC2)cc1. The first-order valence-electron chi connectivity index (χ1n) is 10.9. The smallest absolute Gasteiger partial charge is 0.270 e. The first kappa shape index (κ1) is 22.3. The van der Waals surface area contributed by atoms with Gasteiger partial charge in [0.1, 0.15) is 22.2 Å². The van der Waals surface area contributed by atoms with Crippen molar-refractivity contribution in [1.29, 1.82) is 0 Å². The number of thiazole rings is 1. The number of nitrogens with zero attached hydrogens (tertiary/aromatic N) is 2. The van der Waals surface area contributed by atoms with E-state index in [1.165, 1.54) is 16.9 Å². The Balaban J connectivity index is 1.22. The van der Waals surface area contributed by atoms with Gasteiger partial charge in [0, 0.05) is 24.0 Å². The van der Waals surface area contributed by atoms with E-state index in [-0.39, 0.29) is 5.91 Å². The zero-order chi connectivity index (χ0) is 22.3. The number of methoxy groups -OCH3 is 2. The Morgan fingerprint density at radius 3 is 2.28 bits per heavy atom. The van der Waals surface area contributed by atoms with Gasteiger partial charge in [-0.05, 0) is 73.8 Å². The van der Waals surface area contributed by atoms with Crippen molar-refractivity contribution in [2.45, 2.75) is 19.4 Å². The number of amides is 1. The highest BCUT2D eigenvalue weighted by Gasteiger charge is 2.21. The van der Waals surface area contributed by atoms with Crippen LogP contribution in [0.3, 0.4) is 0 Å². The predicted molar refractivity (Wildman–Crippen MR) is 127 cm³/mol. The van der Waals surface area contributed by atoms with Crippen molar-refractivity contribution in [2.75, 3.05) is 33.9 Å². The summed E-state index contributed by atoms with van der Waals surface area (Å²) in [5, 5.41) is 5.75. The highest BCUT2D eigenvalue weighted by Crippen LogP contribution is 2.26. The van der Waals surface area contributed by atoms with Crippen LogP contribution in [0.2, 0.25) is 0 Å². The molecule has 0 saturated carbocycles. The molecular weight excluding hydrogens is 422 g/mol. The summed E-state index contributed by atoms with van der Waals surface area (Å²) in [6, 6.07) is 16.0. The predicted octanol–water partition coefficient (Wildman–Crippen LogP) is 4.47. The van der Waals surface area contributed by atoms with Crippen LogP contribution in [0.15, 0.2) is 53.9 Å². The first-order valence-corrected chi connectivity index (χ1v) is 11.8. The van der Waals surface area contributed by atoms with Gasteiger partial charge in [0.15, 0.2) is 0 Å². The van der Waals surface area contributed by atoms with E-state index in [1.54, 1.807) is 14.2 Å². The molecule has 1 saturated heterocycles. The van der Waals surface area contributed by atoms with Gasteiger partial charge in [0.2, 0.25) is 0 Å². The number of likely N-dealkylation sites (tertiary alicyclic amines) is 1. The third kappa shape index (κ3) is 5.66. The van der Waals surface area contributed by atoms with Crippen molar-refractivity contribution in [2.24, 2.45) is 5.92 Å². The lowest BCUT2D eigenvalue weighted by Crippen LogP contribution is -2.38. The number of piperidine rings is 1. The van der Waals surface area contributed by atoms with E-state index in [9.17, 15) is 4.79 Å². The fourth-order valence-corrected chi connectivity index (χ4v) is 4.72. The van der Waals surface area contributed by atoms with E-state index in [0.29, 0.717) is 18.2 Å². The highest BCUT2D eigenvalue weighted by molar-refractivity contribution is 7.13. The highest BCUT2D eigenvalue weighted by atomic mass is 32.1. The van der Waals surface area contributed by atoms with Crippen LogP contribution in [0.25, 0.3) is 10.6 Å². The second-order valence-electron chi connectivity index (χ2n) is 8.04. The van der Waals surface area contributed by atoms with Crippen molar-refractivity contribution in [1.82, 2.24) is 15.2 Å². The molecule has 6 nitrogen and oxygen atoms in total. The molecule has 0 aliphatic carbocycles. The largest absolute Gasteiger partial charge is 0.497 e. The molecule has 4 rings (SSSR count). The van der Waals surface area contributed by atoms with Crippen LogP contribution < -0.4 is 14.8 Å². The lowest BCUT2D eigenvalue weighted by Gasteiger charge is -2.32. The molecule has 2 aromatic carbocycles. The van der Waals surface area contributed by atoms with Crippen LogP contribution in [-0.4, -0.2) is 49.6 Å². The van der Waals surface area contributed by atoms with Crippen molar-refractivity contribution in [3.8, 4) is 22.1 Å². The van der Waals surface area contributed by atoms with Crippen molar-refractivity contribution >= 4 is 17.2 Å². The van der Waals surface area contributed by atoms with Gasteiger partial charge < -0.3 is 14.8 Å². The summed E-state index contributed by atoms with van der Waals surface area (Å²) in [6.45, 7) is 3.75.